The summed E-state index contributed by atoms with van der Waals surface area (Å²) in [4.78, 5) is 36.2. The molecule has 0 radical (unpaired) electrons. The highest BCUT2D eigenvalue weighted by Crippen LogP contribution is 2.42. The lowest BCUT2D eigenvalue weighted by Gasteiger charge is -2.35. The molecule has 180 valence electrons. The molecule has 0 spiro atoms. The van der Waals surface area contributed by atoms with Crippen LogP contribution in [0, 0.1) is 6.92 Å². The summed E-state index contributed by atoms with van der Waals surface area (Å²) in [6, 6.07) is 18.8. The van der Waals surface area contributed by atoms with E-state index in [-0.39, 0.29) is 23.4 Å². The predicted octanol–water partition coefficient (Wildman–Crippen LogP) is 3.62. The Hall–Kier alpha value is -4.30. The molecule has 4 heterocycles. The molecule has 0 fully saturated rings. The Morgan fingerprint density at radius 1 is 1.19 bits per heavy atom. The van der Waals surface area contributed by atoms with E-state index < -0.39 is 23.2 Å². The van der Waals surface area contributed by atoms with Crippen LogP contribution in [0.1, 0.15) is 41.7 Å². The fourth-order valence-corrected chi connectivity index (χ4v) is 5.03. The second-order valence-electron chi connectivity index (χ2n) is 9.31. The van der Waals surface area contributed by atoms with Gasteiger partial charge in [-0.25, -0.2) is 14.8 Å². The number of fused-ring (bicyclic) bond motifs is 5. The van der Waals surface area contributed by atoms with Crippen LogP contribution in [0.5, 0.6) is 0 Å². The fourth-order valence-electron chi connectivity index (χ4n) is 5.03. The molecular formula is C28H24N4O4. The molecule has 3 N–H and O–H groups in total. The number of hydrogen-bond donors (Lipinski definition) is 2. The molecular weight excluding hydrogens is 456 g/mol. The Labute approximate surface area is 206 Å². The van der Waals surface area contributed by atoms with Gasteiger partial charge in [-0.1, -0.05) is 42.8 Å². The summed E-state index contributed by atoms with van der Waals surface area (Å²) >= 11 is 0. The highest BCUT2D eigenvalue weighted by atomic mass is 16.6. The number of cyclic esters (lactones) is 1. The average Bonchev–Trinajstić information content (AvgIpc) is 3.24. The van der Waals surface area contributed by atoms with Crippen molar-refractivity contribution in [3.8, 4) is 11.4 Å². The normalized spacial score (nSPS) is 20.6. The highest BCUT2D eigenvalue weighted by Gasteiger charge is 2.50. The SMILES string of the molecule is CC[C@@]1(O)C(=O)OC(C(N)=Nc2ccc(C)cc2)c2c1cc1n(c2=O)Cc2cc3ccccc3nc2-1. The van der Waals surface area contributed by atoms with Gasteiger partial charge in [0.05, 0.1) is 34.7 Å². The molecule has 0 bridgehead atoms. The maximum Gasteiger partial charge on any atom is 0.343 e. The first-order valence-electron chi connectivity index (χ1n) is 11.8. The number of rotatable bonds is 3. The van der Waals surface area contributed by atoms with Gasteiger partial charge in [-0.3, -0.25) is 4.79 Å². The monoisotopic (exact) mass is 480 g/mol. The van der Waals surface area contributed by atoms with Gasteiger partial charge in [-0.15, -0.1) is 0 Å². The number of aryl methyl sites for hydroxylation is 1. The van der Waals surface area contributed by atoms with E-state index in [2.05, 4.69) is 4.99 Å². The van der Waals surface area contributed by atoms with Gasteiger partial charge in [0.15, 0.2) is 11.7 Å². The van der Waals surface area contributed by atoms with Crippen molar-refractivity contribution in [3.05, 3.63) is 93.3 Å². The molecule has 36 heavy (non-hydrogen) atoms. The quantitative estimate of drug-likeness (QED) is 0.231. The predicted molar refractivity (Wildman–Crippen MR) is 136 cm³/mol. The third kappa shape index (κ3) is 3.18. The van der Waals surface area contributed by atoms with E-state index in [0.717, 1.165) is 22.0 Å². The van der Waals surface area contributed by atoms with E-state index in [1.54, 1.807) is 29.7 Å². The topological polar surface area (TPSA) is 120 Å². The van der Waals surface area contributed by atoms with E-state index in [1.165, 1.54) is 0 Å². The third-order valence-corrected chi connectivity index (χ3v) is 7.05. The summed E-state index contributed by atoms with van der Waals surface area (Å²) in [5.41, 5.74) is 8.77. The van der Waals surface area contributed by atoms with E-state index in [4.69, 9.17) is 15.5 Å². The first-order chi connectivity index (χ1) is 17.3. The first-order valence-corrected chi connectivity index (χ1v) is 11.8. The van der Waals surface area contributed by atoms with Crippen LogP contribution < -0.4 is 11.3 Å². The second-order valence-corrected chi connectivity index (χ2v) is 9.31. The molecule has 2 aliphatic heterocycles. The van der Waals surface area contributed by atoms with Gasteiger partial charge < -0.3 is 20.1 Å². The van der Waals surface area contributed by atoms with Crippen molar-refractivity contribution >= 4 is 28.4 Å². The number of hydrogen-bond acceptors (Lipinski definition) is 6. The molecule has 0 aliphatic carbocycles. The van der Waals surface area contributed by atoms with Gasteiger partial charge in [-0.2, -0.15) is 0 Å². The second kappa shape index (κ2) is 7.86. The highest BCUT2D eigenvalue weighted by molar-refractivity contribution is 5.95. The van der Waals surface area contributed by atoms with Gasteiger partial charge >= 0.3 is 5.97 Å². The molecule has 2 atom stereocenters. The zero-order chi connectivity index (χ0) is 25.2. The average molecular weight is 481 g/mol. The van der Waals surface area contributed by atoms with Crippen LogP contribution >= 0.6 is 0 Å². The van der Waals surface area contributed by atoms with Gasteiger partial charge in [0.2, 0.25) is 0 Å². The minimum absolute atomic E-state index is 0.0292. The Bertz CT molecular complexity index is 1660. The number of aliphatic hydroxyl groups is 1. The van der Waals surface area contributed by atoms with Crippen molar-refractivity contribution in [2.75, 3.05) is 0 Å². The van der Waals surface area contributed by atoms with E-state index >= 15 is 0 Å². The Kier molecular flexibility index (Phi) is 4.84. The number of carbonyl (C=O) groups is 1. The van der Waals surface area contributed by atoms with Crippen LogP contribution in [0.3, 0.4) is 0 Å². The lowest BCUT2D eigenvalue weighted by molar-refractivity contribution is -0.174. The number of benzene rings is 2. The molecule has 2 aromatic heterocycles. The van der Waals surface area contributed by atoms with Gasteiger partial charge in [0.1, 0.15) is 5.84 Å². The Balaban J connectivity index is 1.56. The number of aromatic nitrogens is 2. The fraction of sp³-hybridized carbons (Fsp3) is 0.214. The van der Waals surface area contributed by atoms with Crippen molar-refractivity contribution in [1.29, 1.82) is 0 Å². The van der Waals surface area contributed by atoms with E-state index in [1.807, 2.05) is 49.4 Å². The van der Waals surface area contributed by atoms with Crippen molar-refractivity contribution in [3.63, 3.8) is 0 Å². The van der Waals surface area contributed by atoms with Crippen molar-refractivity contribution in [1.82, 2.24) is 9.55 Å². The summed E-state index contributed by atoms with van der Waals surface area (Å²) in [5.74, 6) is -0.901. The maximum atomic E-state index is 13.9. The molecule has 8 nitrogen and oxygen atoms in total. The third-order valence-electron chi connectivity index (χ3n) is 7.05. The van der Waals surface area contributed by atoms with E-state index in [0.29, 0.717) is 23.6 Å². The number of ether oxygens (including phenoxy) is 1. The summed E-state index contributed by atoms with van der Waals surface area (Å²) < 4.78 is 7.18. The zero-order valence-corrected chi connectivity index (χ0v) is 19.9. The van der Waals surface area contributed by atoms with Crippen molar-refractivity contribution < 1.29 is 14.6 Å². The molecule has 4 aromatic rings. The molecule has 1 unspecified atom stereocenters. The Morgan fingerprint density at radius 3 is 2.69 bits per heavy atom. The van der Waals surface area contributed by atoms with Crippen LogP contribution in [-0.4, -0.2) is 26.5 Å². The van der Waals surface area contributed by atoms with Crippen molar-refractivity contribution in [2.24, 2.45) is 10.7 Å². The van der Waals surface area contributed by atoms with Gasteiger partial charge in [-0.05, 0) is 43.7 Å². The minimum Gasteiger partial charge on any atom is -0.447 e. The number of para-hydroxylation sites is 1. The molecule has 2 aromatic carbocycles. The first kappa shape index (κ1) is 22.2. The minimum atomic E-state index is -1.98. The van der Waals surface area contributed by atoms with Gasteiger partial charge in [0.25, 0.3) is 5.56 Å². The van der Waals surface area contributed by atoms with Gasteiger partial charge in [0, 0.05) is 16.5 Å². The number of pyridine rings is 2. The molecule has 6 rings (SSSR count). The zero-order valence-electron chi connectivity index (χ0n) is 19.9. The largest absolute Gasteiger partial charge is 0.447 e. The number of nitrogens with two attached hydrogens (primary N) is 1. The van der Waals surface area contributed by atoms with Crippen molar-refractivity contribution in [2.45, 2.75) is 38.5 Å². The summed E-state index contributed by atoms with van der Waals surface area (Å²) in [6.07, 6.45) is -1.19. The molecule has 0 saturated heterocycles. The lowest BCUT2D eigenvalue weighted by atomic mass is 9.83. The maximum absolute atomic E-state index is 13.9. The van der Waals surface area contributed by atoms with Crippen LogP contribution in [0.4, 0.5) is 5.69 Å². The van der Waals surface area contributed by atoms with Crippen LogP contribution in [-0.2, 0) is 21.7 Å². The Morgan fingerprint density at radius 2 is 1.94 bits per heavy atom. The van der Waals surface area contributed by atoms with Crippen LogP contribution in [0.25, 0.3) is 22.3 Å². The molecule has 8 heteroatoms. The number of aliphatic imine (C=N–C) groups is 1. The number of carbonyl (C=O) groups excluding carboxylic acids is 1. The number of amidine groups is 1. The lowest BCUT2D eigenvalue weighted by Crippen LogP contribution is -2.48. The molecule has 2 aliphatic rings. The summed E-state index contributed by atoms with van der Waals surface area (Å²) in [6.45, 7) is 3.94. The van der Waals surface area contributed by atoms with Crippen LogP contribution in [0.15, 0.2) is 70.5 Å². The number of nitrogens with zero attached hydrogens (tertiary/aromatic N) is 3. The standard InChI is InChI=1S/C28H24N4O4/c1-3-28(35)19-13-21-23-17(12-16-6-4-5-7-20(16)31-23)14-32(21)26(33)22(19)24(36-27(28)34)25(29)30-18-10-8-15(2)9-11-18/h4-13,24,35H,3,14H2,1-2H3,(H2,29,30)/t24?,28-/m0/s1. The molecule has 0 saturated carbocycles. The smallest absolute Gasteiger partial charge is 0.343 e. The van der Waals surface area contributed by atoms with Crippen LogP contribution in [0.2, 0.25) is 0 Å². The summed E-state index contributed by atoms with van der Waals surface area (Å²) in [7, 11) is 0. The summed E-state index contributed by atoms with van der Waals surface area (Å²) in [5, 5.41) is 12.3. The molecule has 0 amide bonds. The number of esters is 1. The van der Waals surface area contributed by atoms with E-state index in [9.17, 15) is 14.7 Å².